The van der Waals surface area contributed by atoms with Gasteiger partial charge in [0, 0.05) is 0 Å². The van der Waals surface area contributed by atoms with Gasteiger partial charge in [0.15, 0.2) is 41.6 Å². The number of nitrogen functional groups attached to an aromatic ring is 3. The molecule has 4 aromatic rings. The molecule has 9 N–H and O–H groups in total. The predicted molar refractivity (Wildman–Crippen MR) is 144 cm³/mol. The van der Waals surface area contributed by atoms with Crippen LogP contribution < -0.4 is 17.2 Å². The van der Waals surface area contributed by atoms with Gasteiger partial charge in [-0.2, -0.15) is 9.97 Å². The number of aliphatic hydroxyl groups excluding tert-OH is 1. The third-order valence-electron chi connectivity index (χ3n) is 7.29. The van der Waals surface area contributed by atoms with Crippen LogP contribution in [0.5, 0.6) is 0 Å². The summed E-state index contributed by atoms with van der Waals surface area (Å²) in [5, 5.41) is 11.0. The highest BCUT2D eigenvalue weighted by molar-refractivity contribution is 7.47. The molecule has 7 heterocycles. The summed E-state index contributed by atoms with van der Waals surface area (Å²) in [6.07, 6.45) is -10.1. The number of hydrogen-bond acceptors (Lipinski definition) is 18. The number of phosphoric ester groups is 2. The summed E-state index contributed by atoms with van der Waals surface area (Å²) in [7, 11) is -10.2. The van der Waals surface area contributed by atoms with Crippen molar-refractivity contribution in [1.29, 1.82) is 0 Å². The first-order valence-corrected chi connectivity index (χ1v) is 15.9. The summed E-state index contributed by atoms with van der Waals surface area (Å²) in [4.78, 5) is 45.1. The third kappa shape index (κ3) is 5.30. The molecule has 0 aromatic carbocycles. The highest BCUT2D eigenvalue weighted by Gasteiger charge is 2.54. The second-order valence-corrected chi connectivity index (χ2v) is 12.9. The number of anilines is 3. The summed E-state index contributed by atoms with van der Waals surface area (Å²) < 4.78 is 76.6. The van der Waals surface area contributed by atoms with Gasteiger partial charge in [0.25, 0.3) is 0 Å². The summed E-state index contributed by atoms with van der Waals surface area (Å²) in [5.41, 5.74) is 17.7. The number of rotatable bonds is 2. The minimum Gasteiger partial charge on any atom is -0.387 e. The van der Waals surface area contributed by atoms with Gasteiger partial charge >= 0.3 is 15.6 Å². The van der Waals surface area contributed by atoms with E-state index >= 15 is 4.39 Å². The van der Waals surface area contributed by atoms with Gasteiger partial charge in [-0.3, -0.25) is 27.2 Å². The fourth-order valence-corrected chi connectivity index (χ4v) is 7.16. The summed E-state index contributed by atoms with van der Waals surface area (Å²) in [6, 6.07) is 0. The van der Waals surface area contributed by atoms with Gasteiger partial charge in [-0.05, 0) is 0 Å². The van der Waals surface area contributed by atoms with Crippen molar-refractivity contribution in [3.63, 3.8) is 0 Å². The van der Waals surface area contributed by atoms with Gasteiger partial charge in [0.05, 0.1) is 25.9 Å². The van der Waals surface area contributed by atoms with Crippen LogP contribution in [0.15, 0.2) is 19.0 Å². The molecule has 0 spiro atoms. The minimum absolute atomic E-state index is 0.00124. The molecule has 7 rings (SSSR count). The van der Waals surface area contributed by atoms with Gasteiger partial charge < -0.3 is 41.6 Å². The molecule has 4 unspecified atom stereocenters. The van der Waals surface area contributed by atoms with E-state index in [0.29, 0.717) is 0 Å². The van der Waals surface area contributed by atoms with Crippen molar-refractivity contribution in [3.05, 3.63) is 19.0 Å². The van der Waals surface area contributed by atoms with Crippen LogP contribution in [0, 0.1) is 0 Å². The Hall–Kier alpha value is -3.47. The molecular formula is C20H24FN11O11P2. The van der Waals surface area contributed by atoms with E-state index in [4.69, 9.17) is 44.8 Å². The first kappa shape index (κ1) is 30.2. The zero-order valence-corrected chi connectivity index (χ0v) is 24.2. The van der Waals surface area contributed by atoms with Crippen LogP contribution in [0.4, 0.5) is 22.0 Å². The van der Waals surface area contributed by atoms with Crippen LogP contribution >= 0.6 is 15.6 Å². The molecule has 0 saturated carbocycles. The van der Waals surface area contributed by atoms with E-state index in [1.54, 1.807) is 0 Å². The molecule has 25 heteroatoms. The number of nitrogens with zero attached hydrogens (tertiary/aromatic N) is 8. The number of hydrogen-bond donors (Lipinski definition) is 6. The normalized spacial score (nSPS) is 37.7. The molecule has 3 saturated heterocycles. The lowest BCUT2D eigenvalue weighted by Crippen LogP contribution is -2.35. The maximum Gasteiger partial charge on any atom is 0.472 e. The Morgan fingerprint density at radius 1 is 0.800 bits per heavy atom. The standard InChI is InChI=1S/C20H24FN11O11P2/c21-8-12-7(41-18(8)31-4-27-9-14(22)25-3-26-16(9)31)2-39-45(36,37)43-13-11(33)6(1-38-44(34,35)42-12)40-19(13)32-5-28-10-15(23)29-20(24)30-17(10)32/h3-8,11-13,18-19,33H,1-2H2,(H,34,35)(H,36,37)(H2,22,25,26)(H4,23,24,29,30)/t6-,7-,8?,11?,12+,13+,18-,19-/m1/s1. The predicted octanol–water partition coefficient (Wildman–Crippen LogP) is -1.08. The zero-order valence-electron chi connectivity index (χ0n) is 22.5. The first-order valence-electron chi connectivity index (χ1n) is 12.9. The van der Waals surface area contributed by atoms with E-state index in [9.17, 15) is 24.0 Å². The zero-order chi connectivity index (χ0) is 31.8. The van der Waals surface area contributed by atoms with Gasteiger partial charge in [0.1, 0.15) is 47.9 Å². The van der Waals surface area contributed by atoms with Crippen LogP contribution in [0.25, 0.3) is 22.3 Å². The maximum atomic E-state index is 15.9. The molecule has 3 aliphatic rings. The molecule has 22 nitrogen and oxygen atoms in total. The number of alkyl halides is 1. The Balaban J connectivity index is 1.20. The minimum atomic E-state index is -5.12. The molecule has 3 fully saturated rings. The molecule has 2 bridgehead atoms. The van der Waals surface area contributed by atoms with E-state index in [1.807, 2.05) is 0 Å². The molecule has 45 heavy (non-hydrogen) atoms. The molecule has 3 aliphatic heterocycles. The average molecular weight is 675 g/mol. The van der Waals surface area contributed by atoms with Crippen LogP contribution in [0.3, 0.4) is 0 Å². The fraction of sp³-hybridized carbons (Fsp3) is 0.500. The van der Waals surface area contributed by atoms with Crippen molar-refractivity contribution in [3.8, 4) is 0 Å². The molecule has 242 valence electrons. The number of ether oxygens (including phenoxy) is 2. The van der Waals surface area contributed by atoms with Gasteiger partial charge in [-0.1, -0.05) is 0 Å². The molecule has 10 atom stereocenters. The molecule has 0 amide bonds. The van der Waals surface area contributed by atoms with E-state index in [1.165, 1.54) is 10.9 Å². The third-order valence-corrected chi connectivity index (χ3v) is 9.26. The van der Waals surface area contributed by atoms with Crippen LogP contribution in [-0.2, 0) is 36.7 Å². The van der Waals surface area contributed by atoms with Crippen LogP contribution in [0.2, 0.25) is 0 Å². The SMILES string of the molecule is Nc1nc(N)c2ncn([C@@H]3O[C@@H]4COP(=O)(O)O[C@@H]5C(F)[C@H](n6cnc7c(N)ncnc76)O[C@@H]5COP(=O)(O)O[C@H]3C4O)c2n1. The highest BCUT2D eigenvalue weighted by Crippen LogP contribution is 2.54. The van der Waals surface area contributed by atoms with E-state index in [-0.39, 0.29) is 39.9 Å². The maximum absolute atomic E-state index is 15.9. The number of fused-ring (bicyclic) bond motifs is 5. The number of halogens is 1. The Morgan fingerprint density at radius 3 is 2.11 bits per heavy atom. The number of nitrogens with two attached hydrogens (primary N) is 3. The van der Waals surface area contributed by atoms with Crippen molar-refractivity contribution < 1.29 is 56.0 Å². The first-order chi connectivity index (χ1) is 21.3. The Morgan fingerprint density at radius 2 is 1.40 bits per heavy atom. The number of aromatic nitrogens is 8. The van der Waals surface area contributed by atoms with Crippen molar-refractivity contribution in [2.45, 2.75) is 49.1 Å². The van der Waals surface area contributed by atoms with Crippen LogP contribution in [-0.4, -0.2) is 104 Å². The van der Waals surface area contributed by atoms with E-state index in [2.05, 4.69) is 29.9 Å². The van der Waals surface area contributed by atoms with Gasteiger partial charge in [-0.25, -0.2) is 33.5 Å². The number of phosphoric acid groups is 2. The van der Waals surface area contributed by atoms with Crippen molar-refractivity contribution in [2.24, 2.45) is 0 Å². The monoisotopic (exact) mass is 675 g/mol. The number of imidazole rings is 2. The molecular weight excluding hydrogens is 651 g/mol. The number of aliphatic hydroxyl groups is 1. The topological polar surface area (TPSA) is 315 Å². The van der Waals surface area contributed by atoms with Crippen molar-refractivity contribution >= 4 is 55.6 Å². The Kier molecular flexibility index (Phi) is 7.26. The van der Waals surface area contributed by atoms with Gasteiger partial charge in [0.2, 0.25) is 5.95 Å². The van der Waals surface area contributed by atoms with Crippen molar-refractivity contribution in [2.75, 3.05) is 30.4 Å². The molecule has 4 aromatic heterocycles. The lowest BCUT2D eigenvalue weighted by molar-refractivity contribution is -0.0670. The lowest BCUT2D eigenvalue weighted by atomic mass is 10.1. The summed E-state index contributed by atoms with van der Waals surface area (Å²) in [6.45, 7) is -1.72. The smallest absolute Gasteiger partial charge is 0.387 e. The second-order valence-electron chi connectivity index (χ2n) is 10.1. The average Bonchev–Trinajstić information content (AvgIpc) is 3.72. The van der Waals surface area contributed by atoms with Gasteiger partial charge in [-0.15, -0.1) is 0 Å². The Labute approximate surface area is 249 Å². The van der Waals surface area contributed by atoms with E-state index < -0.39 is 78.0 Å². The Bertz CT molecular complexity index is 1880. The van der Waals surface area contributed by atoms with Crippen molar-refractivity contribution in [1.82, 2.24) is 39.0 Å². The fourth-order valence-electron chi connectivity index (χ4n) is 5.27. The summed E-state index contributed by atoms with van der Waals surface area (Å²) in [5.74, 6) is -0.315. The second kappa shape index (κ2) is 10.8. The largest absolute Gasteiger partial charge is 0.472 e. The summed E-state index contributed by atoms with van der Waals surface area (Å²) >= 11 is 0. The lowest BCUT2D eigenvalue weighted by Gasteiger charge is -2.25. The highest BCUT2D eigenvalue weighted by atomic mass is 31.2. The van der Waals surface area contributed by atoms with Crippen LogP contribution in [0.1, 0.15) is 12.5 Å². The van der Waals surface area contributed by atoms with E-state index in [0.717, 1.165) is 17.2 Å². The molecule has 0 radical (unpaired) electrons. The molecule has 0 aliphatic carbocycles. The quantitative estimate of drug-likeness (QED) is 0.138.